The second kappa shape index (κ2) is 7.45. The zero-order chi connectivity index (χ0) is 18.8. The van der Waals surface area contributed by atoms with E-state index in [1.54, 1.807) is 4.68 Å². The topological polar surface area (TPSA) is 65.6 Å². The average molecular weight is 369 g/mol. The number of aromatic nitrogens is 5. The van der Waals surface area contributed by atoms with E-state index in [2.05, 4.69) is 40.9 Å². The van der Waals surface area contributed by atoms with E-state index in [1.165, 1.54) is 22.9 Å². The quantitative estimate of drug-likeness (QED) is 0.490. The maximum atomic E-state index is 12.7. The predicted molar refractivity (Wildman–Crippen MR) is 103 cm³/mol. The largest absolute Gasteiger partial charge is 0.349 e. The van der Waals surface area contributed by atoms with Crippen LogP contribution in [-0.2, 0) is 6.54 Å². The molecule has 0 aliphatic heterocycles. The van der Waals surface area contributed by atoms with Gasteiger partial charge in [0.05, 0.1) is 11.4 Å². The van der Waals surface area contributed by atoms with Crippen molar-refractivity contribution in [3.8, 4) is 5.69 Å². The van der Waals surface area contributed by atoms with Crippen molar-refractivity contribution in [1.29, 1.82) is 0 Å². The Hall–Kier alpha value is -2.41. The van der Waals surface area contributed by atoms with Gasteiger partial charge in [0.2, 0.25) is 5.16 Å². The molecule has 0 N–H and O–H groups in total. The Labute approximate surface area is 157 Å². The Morgan fingerprint density at radius 1 is 1.12 bits per heavy atom. The lowest BCUT2D eigenvalue weighted by Gasteiger charge is -2.07. The lowest BCUT2D eigenvalue weighted by atomic mass is 10.1. The fraction of sp³-hybridized carbons (Fsp3) is 0.368. The summed E-state index contributed by atoms with van der Waals surface area (Å²) < 4.78 is 3.83. The summed E-state index contributed by atoms with van der Waals surface area (Å²) in [6, 6.07) is 8.05. The molecule has 0 atom stereocenters. The molecule has 6 nitrogen and oxygen atoms in total. The first kappa shape index (κ1) is 18.4. The number of Topliss-reactive ketones (excluding diaryl/α,β-unsaturated/α-hetero) is 1. The van der Waals surface area contributed by atoms with Gasteiger partial charge in [-0.1, -0.05) is 17.8 Å². The third kappa shape index (κ3) is 3.44. The molecule has 0 amide bonds. The van der Waals surface area contributed by atoms with Gasteiger partial charge in [-0.25, -0.2) is 0 Å². The zero-order valence-electron chi connectivity index (χ0n) is 15.8. The highest BCUT2D eigenvalue weighted by atomic mass is 32.2. The van der Waals surface area contributed by atoms with Crippen LogP contribution in [0, 0.1) is 27.7 Å². The number of hydrogen-bond donors (Lipinski definition) is 0. The van der Waals surface area contributed by atoms with E-state index in [0.29, 0.717) is 10.9 Å². The minimum Gasteiger partial charge on any atom is -0.349 e. The summed E-state index contributed by atoms with van der Waals surface area (Å²) in [6.45, 7) is 11.1. The first-order valence-electron chi connectivity index (χ1n) is 8.61. The van der Waals surface area contributed by atoms with Crippen LogP contribution in [0.25, 0.3) is 5.69 Å². The maximum absolute atomic E-state index is 12.7. The van der Waals surface area contributed by atoms with Gasteiger partial charge < -0.3 is 4.57 Å². The monoisotopic (exact) mass is 369 g/mol. The van der Waals surface area contributed by atoms with Crippen LogP contribution < -0.4 is 0 Å². The van der Waals surface area contributed by atoms with Crippen LogP contribution in [0.5, 0.6) is 0 Å². The molecule has 0 bridgehead atoms. The van der Waals surface area contributed by atoms with E-state index in [9.17, 15) is 4.79 Å². The molecule has 0 spiro atoms. The molecule has 0 saturated carbocycles. The van der Waals surface area contributed by atoms with Crippen molar-refractivity contribution in [2.45, 2.75) is 46.3 Å². The minimum absolute atomic E-state index is 0.0948. The van der Waals surface area contributed by atoms with Gasteiger partial charge in [0, 0.05) is 23.5 Å². The lowest BCUT2D eigenvalue weighted by molar-refractivity contribution is 0.102. The van der Waals surface area contributed by atoms with Crippen LogP contribution >= 0.6 is 11.8 Å². The number of thioether (sulfide) groups is 1. The molecule has 2 aromatic heterocycles. The van der Waals surface area contributed by atoms with E-state index < -0.39 is 0 Å². The zero-order valence-corrected chi connectivity index (χ0v) is 16.6. The van der Waals surface area contributed by atoms with Crippen LogP contribution in [0.4, 0.5) is 0 Å². The van der Waals surface area contributed by atoms with Gasteiger partial charge in [-0.2, -0.15) is 4.68 Å². The first-order chi connectivity index (χ1) is 12.4. The number of nitrogens with zero attached hydrogens (tertiary/aromatic N) is 5. The van der Waals surface area contributed by atoms with Crippen molar-refractivity contribution in [2.75, 3.05) is 5.75 Å². The van der Waals surface area contributed by atoms with Gasteiger partial charge in [0.1, 0.15) is 0 Å². The third-order valence-corrected chi connectivity index (χ3v) is 5.62. The van der Waals surface area contributed by atoms with Gasteiger partial charge in [-0.3, -0.25) is 4.79 Å². The summed E-state index contributed by atoms with van der Waals surface area (Å²) >= 11 is 1.36. The van der Waals surface area contributed by atoms with Gasteiger partial charge in [-0.15, -0.1) is 5.10 Å². The molecule has 0 radical (unpaired) electrons. The minimum atomic E-state index is 0.0948. The number of tetrazole rings is 1. The molecular formula is C19H23N5OS. The summed E-state index contributed by atoms with van der Waals surface area (Å²) in [6.07, 6.45) is 0. The van der Waals surface area contributed by atoms with E-state index in [1.807, 2.05) is 38.1 Å². The number of hydrogen-bond acceptors (Lipinski definition) is 5. The molecule has 1 aromatic carbocycles. The molecule has 3 aromatic rings. The molecule has 0 aliphatic rings. The first-order valence-corrected chi connectivity index (χ1v) is 9.59. The Kier molecular flexibility index (Phi) is 5.27. The number of aryl methyl sites for hydroxylation is 3. The van der Waals surface area contributed by atoms with Crippen molar-refractivity contribution >= 4 is 17.5 Å². The van der Waals surface area contributed by atoms with Gasteiger partial charge >= 0.3 is 0 Å². The summed E-state index contributed by atoms with van der Waals surface area (Å²) in [4.78, 5) is 12.7. The summed E-state index contributed by atoms with van der Waals surface area (Å²) in [5.74, 6) is 0.400. The number of rotatable bonds is 6. The molecule has 3 rings (SSSR count). The van der Waals surface area contributed by atoms with Crippen molar-refractivity contribution in [2.24, 2.45) is 0 Å². The van der Waals surface area contributed by atoms with Crippen molar-refractivity contribution in [1.82, 2.24) is 24.8 Å². The normalized spacial score (nSPS) is 11.1. The Balaban J connectivity index is 1.78. The molecule has 0 aliphatic carbocycles. The van der Waals surface area contributed by atoms with Gasteiger partial charge in [0.25, 0.3) is 0 Å². The maximum Gasteiger partial charge on any atom is 0.214 e. The van der Waals surface area contributed by atoms with Crippen LogP contribution in [0.2, 0.25) is 0 Å². The second-order valence-corrected chi connectivity index (χ2v) is 7.33. The number of benzene rings is 1. The Morgan fingerprint density at radius 3 is 2.54 bits per heavy atom. The van der Waals surface area contributed by atoms with E-state index in [-0.39, 0.29) is 5.78 Å². The molecule has 7 heteroatoms. The number of carbonyl (C=O) groups is 1. The summed E-state index contributed by atoms with van der Waals surface area (Å²) in [7, 11) is 0. The summed E-state index contributed by atoms with van der Waals surface area (Å²) in [5, 5.41) is 12.5. The SMILES string of the molecule is CCn1c(C)cc(C(=O)CSc2nnnn2-c2ccc(C)c(C)c2)c1C. The van der Waals surface area contributed by atoms with Crippen LogP contribution in [0.3, 0.4) is 0 Å². The lowest BCUT2D eigenvalue weighted by Crippen LogP contribution is -2.07. The highest BCUT2D eigenvalue weighted by Gasteiger charge is 2.17. The second-order valence-electron chi connectivity index (χ2n) is 6.38. The third-order valence-electron chi connectivity index (χ3n) is 4.70. The molecular weight excluding hydrogens is 346 g/mol. The predicted octanol–water partition coefficient (Wildman–Crippen LogP) is 3.69. The van der Waals surface area contributed by atoms with Crippen molar-refractivity contribution in [3.05, 3.63) is 52.3 Å². The fourth-order valence-corrected chi connectivity index (χ4v) is 3.84. The highest BCUT2D eigenvalue weighted by molar-refractivity contribution is 7.99. The highest BCUT2D eigenvalue weighted by Crippen LogP contribution is 2.23. The van der Waals surface area contributed by atoms with E-state index in [4.69, 9.17) is 0 Å². The standard InChI is InChI=1S/C19H23N5OS/c1-6-23-14(4)10-17(15(23)5)18(25)11-26-19-20-21-22-24(19)16-8-7-12(2)13(3)9-16/h7-10H,6,11H2,1-5H3. The van der Waals surface area contributed by atoms with Crippen LogP contribution in [-0.4, -0.2) is 36.3 Å². The van der Waals surface area contributed by atoms with Crippen LogP contribution in [0.1, 0.15) is 39.8 Å². The summed E-state index contributed by atoms with van der Waals surface area (Å²) in [5.41, 5.74) is 6.21. The smallest absolute Gasteiger partial charge is 0.214 e. The molecule has 26 heavy (non-hydrogen) atoms. The molecule has 136 valence electrons. The fourth-order valence-electron chi connectivity index (χ4n) is 3.07. The molecule has 0 unspecified atom stereocenters. The molecule has 0 fully saturated rings. The number of ketones is 1. The Morgan fingerprint density at radius 2 is 1.88 bits per heavy atom. The average Bonchev–Trinajstić information content (AvgIpc) is 3.19. The van der Waals surface area contributed by atoms with Gasteiger partial charge in [0.15, 0.2) is 5.78 Å². The van der Waals surface area contributed by atoms with Gasteiger partial charge in [-0.05, 0) is 74.4 Å². The van der Waals surface area contributed by atoms with E-state index >= 15 is 0 Å². The van der Waals surface area contributed by atoms with Crippen molar-refractivity contribution in [3.63, 3.8) is 0 Å². The number of carbonyl (C=O) groups excluding carboxylic acids is 1. The molecule has 0 saturated heterocycles. The van der Waals surface area contributed by atoms with E-state index in [0.717, 1.165) is 29.2 Å². The van der Waals surface area contributed by atoms with Crippen molar-refractivity contribution < 1.29 is 4.79 Å². The Bertz CT molecular complexity index is 957. The van der Waals surface area contributed by atoms with Crippen LogP contribution in [0.15, 0.2) is 29.4 Å². The molecule has 2 heterocycles.